The van der Waals surface area contributed by atoms with Gasteiger partial charge in [-0.1, -0.05) is 0 Å². The van der Waals surface area contributed by atoms with Gasteiger partial charge in [0.25, 0.3) is 0 Å². The molecule has 52 valence electrons. The molecule has 9 heavy (non-hydrogen) atoms. The maximum Gasteiger partial charge on any atom is 0.0906 e. The zero-order chi connectivity index (χ0) is 6.48. The molecule has 2 aliphatic carbocycles. The Bertz CT molecular complexity index is 152. The molecule has 0 unspecified atom stereocenters. The molecular formula is C7H13OP. The fraction of sp³-hybridized carbons (Fsp3) is 1.00. The van der Waals surface area contributed by atoms with Crippen LogP contribution in [-0.4, -0.2) is 18.0 Å². The van der Waals surface area contributed by atoms with Gasteiger partial charge in [0.2, 0.25) is 0 Å². The first-order valence-electron chi connectivity index (χ1n) is 3.78. The quantitative estimate of drug-likeness (QED) is 0.543. The minimum absolute atomic E-state index is 0.657. The highest BCUT2D eigenvalue weighted by atomic mass is 31.2. The summed E-state index contributed by atoms with van der Waals surface area (Å²) in [6.07, 6.45) is 5.02. The van der Waals surface area contributed by atoms with Crippen LogP contribution < -0.4 is 0 Å². The Kier molecular flexibility index (Phi) is 1.08. The van der Waals surface area contributed by atoms with Crippen LogP contribution in [-0.2, 0) is 4.57 Å². The summed E-state index contributed by atoms with van der Waals surface area (Å²) in [6.45, 7) is 2.02. The van der Waals surface area contributed by atoms with E-state index in [9.17, 15) is 4.57 Å². The minimum atomic E-state index is -1.61. The van der Waals surface area contributed by atoms with Gasteiger partial charge in [0.15, 0.2) is 0 Å². The van der Waals surface area contributed by atoms with E-state index in [2.05, 4.69) is 0 Å². The van der Waals surface area contributed by atoms with Crippen LogP contribution in [0.4, 0.5) is 0 Å². The van der Waals surface area contributed by atoms with Crippen molar-refractivity contribution in [3.8, 4) is 0 Å². The lowest BCUT2D eigenvalue weighted by molar-refractivity contribution is 0.576. The molecule has 1 nitrogen and oxygen atoms in total. The van der Waals surface area contributed by atoms with Crippen molar-refractivity contribution in [1.29, 1.82) is 0 Å². The van der Waals surface area contributed by atoms with Gasteiger partial charge in [-0.2, -0.15) is 0 Å². The third kappa shape index (κ3) is 0.961. The molecule has 0 atom stereocenters. The Morgan fingerprint density at radius 3 is 1.67 bits per heavy atom. The van der Waals surface area contributed by atoms with Gasteiger partial charge in [0, 0.05) is 11.3 Å². The highest BCUT2D eigenvalue weighted by Crippen LogP contribution is 2.67. The Morgan fingerprint density at radius 1 is 1.11 bits per heavy atom. The van der Waals surface area contributed by atoms with Crippen LogP contribution >= 0.6 is 7.14 Å². The largest absolute Gasteiger partial charge is 0.323 e. The molecule has 0 aromatic carbocycles. The highest BCUT2D eigenvalue weighted by Gasteiger charge is 2.47. The zero-order valence-electron chi connectivity index (χ0n) is 5.84. The summed E-state index contributed by atoms with van der Waals surface area (Å²) in [5.41, 5.74) is 1.31. The van der Waals surface area contributed by atoms with Crippen LogP contribution in [0, 0.1) is 0 Å². The predicted octanol–water partition coefficient (Wildman–Crippen LogP) is 2.30. The fourth-order valence-corrected chi connectivity index (χ4v) is 4.42. The Morgan fingerprint density at radius 2 is 1.44 bits per heavy atom. The summed E-state index contributed by atoms with van der Waals surface area (Å²) in [6, 6.07) is 0. The lowest BCUT2D eigenvalue weighted by Gasteiger charge is -2.08. The smallest absolute Gasteiger partial charge is 0.0906 e. The number of hydrogen-bond acceptors (Lipinski definition) is 1. The van der Waals surface area contributed by atoms with Crippen molar-refractivity contribution in [3.63, 3.8) is 0 Å². The molecule has 2 fully saturated rings. The van der Waals surface area contributed by atoms with E-state index in [0.717, 1.165) is 0 Å². The van der Waals surface area contributed by atoms with E-state index in [1.54, 1.807) is 0 Å². The van der Waals surface area contributed by atoms with Gasteiger partial charge < -0.3 is 4.57 Å². The van der Waals surface area contributed by atoms with Gasteiger partial charge >= 0.3 is 0 Å². The van der Waals surface area contributed by atoms with Crippen LogP contribution in [0.1, 0.15) is 25.7 Å². The van der Waals surface area contributed by atoms with Gasteiger partial charge in [0.05, 0.1) is 7.14 Å². The average Bonchev–Trinajstić information content (AvgIpc) is 2.62. The lowest BCUT2D eigenvalue weighted by Crippen LogP contribution is -1.91. The summed E-state index contributed by atoms with van der Waals surface area (Å²) in [5.74, 6) is 0. The molecule has 2 saturated carbocycles. The normalized spacial score (nSPS) is 28.6. The zero-order valence-corrected chi connectivity index (χ0v) is 6.73. The first kappa shape index (κ1) is 5.97. The predicted molar refractivity (Wildman–Crippen MR) is 39.6 cm³/mol. The first-order valence-corrected chi connectivity index (χ1v) is 6.07. The molecule has 0 bridgehead atoms. The Hall–Kier alpha value is 0.230. The van der Waals surface area contributed by atoms with Crippen LogP contribution in [0.5, 0.6) is 0 Å². The summed E-state index contributed by atoms with van der Waals surface area (Å²) in [5, 5.41) is 0. The molecule has 2 heteroatoms. The molecule has 0 spiro atoms. The van der Waals surface area contributed by atoms with E-state index in [-0.39, 0.29) is 0 Å². The van der Waals surface area contributed by atoms with Gasteiger partial charge in [0.1, 0.15) is 0 Å². The molecule has 0 radical (unpaired) electrons. The fourth-order valence-electron chi connectivity index (χ4n) is 1.47. The minimum Gasteiger partial charge on any atom is -0.323 e. The molecule has 0 N–H and O–H groups in total. The molecule has 0 heterocycles. The van der Waals surface area contributed by atoms with Gasteiger partial charge in [-0.3, -0.25) is 0 Å². The van der Waals surface area contributed by atoms with E-state index >= 15 is 0 Å². The van der Waals surface area contributed by atoms with E-state index in [1.807, 2.05) is 6.66 Å². The third-order valence-corrected chi connectivity index (χ3v) is 6.48. The molecule has 0 saturated heterocycles. The van der Waals surface area contributed by atoms with Gasteiger partial charge in [-0.15, -0.1) is 0 Å². The van der Waals surface area contributed by atoms with Crippen molar-refractivity contribution in [2.75, 3.05) is 6.66 Å². The molecule has 0 aromatic rings. The van der Waals surface area contributed by atoms with E-state index in [4.69, 9.17) is 0 Å². The maximum absolute atomic E-state index is 11.7. The number of hydrogen-bond donors (Lipinski definition) is 0. The van der Waals surface area contributed by atoms with Crippen LogP contribution in [0.15, 0.2) is 0 Å². The summed E-state index contributed by atoms with van der Waals surface area (Å²) < 4.78 is 11.7. The lowest BCUT2D eigenvalue weighted by atomic mass is 10.9. The second-order valence-corrected chi connectivity index (χ2v) is 7.10. The standard InChI is InChI=1S/C7H13OP/c1-9(8,6-2-3-6)7-4-5-7/h6-7H,2-5H2,1H3. The summed E-state index contributed by atoms with van der Waals surface area (Å²) in [4.78, 5) is 0. The molecule has 2 aliphatic rings. The second kappa shape index (κ2) is 1.63. The third-order valence-electron chi connectivity index (χ3n) is 2.54. The monoisotopic (exact) mass is 144 g/mol. The van der Waals surface area contributed by atoms with Crippen molar-refractivity contribution in [2.24, 2.45) is 0 Å². The Balaban J connectivity index is 2.10. The van der Waals surface area contributed by atoms with Crippen molar-refractivity contribution in [2.45, 2.75) is 37.0 Å². The number of rotatable bonds is 2. The van der Waals surface area contributed by atoms with E-state index in [0.29, 0.717) is 11.3 Å². The molecular weight excluding hydrogens is 131 g/mol. The van der Waals surface area contributed by atoms with Crippen molar-refractivity contribution < 1.29 is 4.57 Å². The maximum atomic E-state index is 11.7. The van der Waals surface area contributed by atoms with E-state index in [1.165, 1.54) is 25.7 Å². The van der Waals surface area contributed by atoms with Crippen LogP contribution in [0.2, 0.25) is 0 Å². The summed E-state index contributed by atoms with van der Waals surface area (Å²) in [7, 11) is -1.61. The molecule has 0 aliphatic heterocycles. The van der Waals surface area contributed by atoms with Crippen molar-refractivity contribution >= 4 is 7.14 Å². The molecule has 0 aromatic heterocycles. The molecule has 0 amide bonds. The second-order valence-electron chi connectivity index (χ2n) is 3.52. The molecule has 2 rings (SSSR count). The van der Waals surface area contributed by atoms with Gasteiger partial charge in [-0.05, 0) is 32.3 Å². The Labute approximate surface area is 56.2 Å². The van der Waals surface area contributed by atoms with Crippen LogP contribution in [0.3, 0.4) is 0 Å². The topological polar surface area (TPSA) is 17.1 Å². The van der Waals surface area contributed by atoms with Crippen LogP contribution in [0.25, 0.3) is 0 Å². The van der Waals surface area contributed by atoms with Gasteiger partial charge in [-0.25, -0.2) is 0 Å². The average molecular weight is 144 g/mol. The first-order chi connectivity index (χ1) is 4.21. The summed E-state index contributed by atoms with van der Waals surface area (Å²) >= 11 is 0. The van der Waals surface area contributed by atoms with Crippen molar-refractivity contribution in [1.82, 2.24) is 0 Å². The SMILES string of the molecule is CP(=O)(C1CC1)C1CC1. The van der Waals surface area contributed by atoms with Crippen molar-refractivity contribution in [3.05, 3.63) is 0 Å². The van der Waals surface area contributed by atoms with E-state index < -0.39 is 7.14 Å². The highest BCUT2D eigenvalue weighted by molar-refractivity contribution is 7.65.